The molecule has 1 aliphatic carbocycles. The number of nitrogens with zero attached hydrogens (tertiary/aromatic N) is 4. The van der Waals surface area contributed by atoms with Crippen molar-refractivity contribution in [3.8, 4) is 17.0 Å². The van der Waals surface area contributed by atoms with Gasteiger partial charge >= 0.3 is 0 Å². The molecule has 0 radical (unpaired) electrons. The lowest BCUT2D eigenvalue weighted by atomic mass is 9.63. The second-order valence-electron chi connectivity index (χ2n) is 10.5. The summed E-state index contributed by atoms with van der Waals surface area (Å²) in [6, 6.07) is 5.90. The monoisotopic (exact) mass is 488 g/mol. The summed E-state index contributed by atoms with van der Waals surface area (Å²) >= 11 is 0. The Kier molecular flexibility index (Phi) is 5.00. The van der Waals surface area contributed by atoms with Crippen molar-refractivity contribution in [3.05, 3.63) is 53.5 Å². The minimum Gasteiger partial charge on any atom is -0.508 e. The van der Waals surface area contributed by atoms with E-state index in [0.29, 0.717) is 71.3 Å². The molecule has 6 nitrogen and oxygen atoms in total. The van der Waals surface area contributed by atoms with Gasteiger partial charge in [-0.2, -0.15) is 0 Å². The van der Waals surface area contributed by atoms with E-state index in [4.69, 9.17) is 4.98 Å². The van der Waals surface area contributed by atoms with Gasteiger partial charge in [0.2, 0.25) is 0 Å². The zero-order valence-electron chi connectivity index (χ0n) is 20.4. The number of rotatable bonds is 4. The molecule has 1 spiro atoms. The van der Waals surface area contributed by atoms with Crippen molar-refractivity contribution >= 4 is 33.3 Å². The van der Waals surface area contributed by atoms with Crippen LogP contribution in [0.2, 0.25) is 0 Å². The van der Waals surface area contributed by atoms with Crippen LogP contribution in [0.15, 0.2) is 30.5 Å². The van der Waals surface area contributed by atoms with Gasteiger partial charge in [-0.25, -0.2) is 18.7 Å². The molecule has 1 N–H and O–H groups in total. The molecular weight excluding hydrogens is 462 g/mol. The first-order valence-corrected chi connectivity index (χ1v) is 12.3. The number of Topliss-reactive ketones (excluding diaryl/α,β-unsaturated/α-hetero) is 1. The third-order valence-corrected chi connectivity index (χ3v) is 7.46. The minimum atomic E-state index is -0.634. The molecule has 0 unspecified atom stereocenters. The van der Waals surface area contributed by atoms with Gasteiger partial charge in [0.15, 0.2) is 5.82 Å². The Labute approximate surface area is 207 Å². The zero-order valence-corrected chi connectivity index (χ0v) is 20.4. The lowest BCUT2D eigenvalue weighted by Gasteiger charge is -2.55. The molecule has 2 fully saturated rings. The van der Waals surface area contributed by atoms with E-state index in [0.717, 1.165) is 0 Å². The van der Waals surface area contributed by atoms with Crippen molar-refractivity contribution < 1.29 is 18.7 Å². The fourth-order valence-electron chi connectivity index (χ4n) is 5.70. The lowest BCUT2D eigenvalue weighted by Crippen LogP contribution is -2.63. The number of benzene rings is 2. The van der Waals surface area contributed by atoms with Gasteiger partial charge in [-0.1, -0.05) is 26.8 Å². The summed E-state index contributed by atoms with van der Waals surface area (Å²) in [5, 5.41) is 12.0. The van der Waals surface area contributed by atoms with E-state index in [2.05, 4.69) is 14.9 Å². The topological polar surface area (TPSA) is 79.2 Å². The minimum absolute atomic E-state index is 0.00715. The van der Waals surface area contributed by atoms with Gasteiger partial charge in [-0.15, -0.1) is 0 Å². The number of carbonyl (C=O) groups is 1. The largest absolute Gasteiger partial charge is 0.508 e. The van der Waals surface area contributed by atoms with Crippen molar-refractivity contribution in [2.24, 2.45) is 5.41 Å². The van der Waals surface area contributed by atoms with Crippen LogP contribution in [0, 0.1) is 17.0 Å². The summed E-state index contributed by atoms with van der Waals surface area (Å²) in [7, 11) is 0. The highest BCUT2D eigenvalue weighted by Crippen LogP contribution is 2.48. The fourth-order valence-corrected chi connectivity index (χ4v) is 5.70. The van der Waals surface area contributed by atoms with Gasteiger partial charge in [0, 0.05) is 49.0 Å². The third kappa shape index (κ3) is 3.34. The number of halogens is 2. The zero-order chi connectivity index (χ0) is 25.4. The summed E-state index contributed by atoms with van der Waals surface area (Å²) in [6.45, 7) is 7.13. The Balaban J connectivity index is 1.56. The number of ketones is 1. The molecule has 4 aromatic rings. The maximum Gasteiger partial charge on any atom is 0.175 e. The maximum absolute atomic E-state index is 16.2. The highest BCUT2D eigenvalue weighted by Gasteiger charge is 2.52. The quantitative estimate of drug-likeness (QED) is 0.398. The molecule has 1 aliphatic heterocycles. The maximum atomic E-state index is 16.2. The average Bonchev–Trinajstić information content (AvgIpc) is 2.80. The van der Waals surface area contributed by atoms with Crippen molar-refractivity contribution in [2.45, 2.75) is 46.0 Å². The van der Waals surface area contributed by atoms with Crippen LogP contribution in [-0.4, -0.2) is 38.9 Å². The second-order valence-corrected chi connectivity index (χ2v) is 10.5. The molecule has 2 aliphatic rings. The molecule has 2 aromatic heterocycles. The van der Waals surface area contributed by atoms with E-state index in [-0.39, 0.29) is 39.9 Å². The number of phenolic OH excluding ortho intramolecular Hbond substituents is 1. The summed E-state index contributed by atoms with van der Waals surface area (Å²) in [6.07, 6.45) is 3.13. The van der Waals surface area contributed by atoms with Crippen LogP contribution in [0.3, 0.4) is 0 Å². The Bertz CT molecular complexity index is 1570. The molecule has 0 bridgehead atoms. The number of aryl methyl sites for hydroxylation is 1. The van der Waals surface area contributed by atoms with Gasteiger partial charge in [0.25, 0.3) is 0 Å². The summed E-state index contributed by atoms with van der Waals surface area (Å²) in [5.41, 5.74) is 0.927. The predicted octanol–water partition coefficient (Wildman–Crippen LogP) is 5.68. The highest BCUT2D eigenvalue weighted by molar-refractivity contribution is 6.02. The molecule has 3 heterocycles. The van der Waals surface area contributed by atoms with Crippen molar-refractivity contribution in [2.75, 3.05) is 18.0 Å². The molecule has 0 amide bonds. The Morgan fingerprint density at radius 2 is 1.89 bits per heavy atom. The van der Waals surface area contributed by atoms with Crippen LogP contribution < -0.4 is 4.90 Å². The van der Waals surface area contributed by atoms with Crippen molar-refractivity contribution in [3.63, 3.8) is 0 Å². The first-order chi connectivity index (χ1) is 17.2. The number of carbonyl (C=O) groups excluding carboxylic acids is 1. The molecule has 184 valence electrons. The van der Waals surface area contributed by atoms with Gasteiger partial charge in [-0.05, 0) is 41.0 Å². The van der Waals surface area contributed by atoms with E-state index in [1.807, 2.05) is 20.8 Å². The lowest BCUT2D eigenvalue weighted by molar-refractivity contribution is -0.134. The average molecular weight is 489 g/mol. The van der Waals surface area contributed by atoms with E-state index in [9.17, 15) is 14.3 Å². The number of aromatic nitrogens is 3. The van der Waals surface area contributed by atoms with Crippen LogP contribution >= 0.6 is 0 Å². The van der Waals surface area contributed by atoms with Gasteiger partial charge < -0.3 is 10.0 Å². The first kappa shape index (κ1) is 22.8. The Hall–Kier alpha value is -3.68. The summed E-state index contributed by atoms with van der Waals surface area (Å²) in [4.78, 5) is 27.4. The fraction of sp³-hybridized carbons (Fsp3) is 0.357. The molecule has 6 rings (SSSR count). The van der Waals surface area contributed by atoms with Crippen LogP contribution in [-0.2, 0) is 11.2 Å². The molecule has 8 heteroatoms. The normalized spacial score (nSPS) is 16.7. The molecular formula is C28H26F2N4O2. The van der Waals surface area contributed by atoms with Crippen molar-refractivity contribution in [1.29, 1.82) is 0 Å². The van der Waals surface area contributed by atoms with Crippen LogP contribution in [0.1, 0.15) is 50.9 Å². The van der Waals surface area contributed by atoms with Crippen molar-refractivity contribution in [1.82, 2.24) is 15.0 Å². The number of pyridine rings is 1. The first-order valence-electron chi connectivity index (χ1n) is 12.3. The summed E-state index contributed by atoms with van der Waals surface area (Å²) in [5.74, 6) is 0.305. The predicted molar refractivity (Wildman–Crippen MR) is 134 cm³/mol. The number of phenols is 1. The van der Waals surface area contributed by atoms with E-state index in [1.54, 1.807) is 18.3 Å². The summed E-state index contributed by atoms with van der Waals surface area (Å²) < 4.78 is 30.9. The standard InChI is InChI=1S/C28H26F2N4O2/c1-4-18-21(29)6-5-15-7-16(35)8-19(22(15)18)24-23(30)25-20(11-31-24)27(33-26(32-25)14(2)3)34-12-28(13-34)9-17(36)10-28/h5-8,11,14,35H,4,9-10,12-13H2,1-3H3. The number of anilines is 1. The third-order valence-electron chi connectivity index (χ3n) is 7.46. The smallest absolute Gasteiger partial charge is 0.175 e. The second kappa shape index (κ2) is 7.91. The van der Waals surface area contributed by atoms with Gasteiger partial charge in [-0.3, -0.25) is 9.78 Å². The number of hydrogen-bond acceptors (Lipinski definition) is 6. The van der Waals surface area contributed by atoms with E-state index in [1.165, 1.54) is 12.1 Å². The van der Waals surface area contributed by atoms with Gasteiger partial charge in [0.05, 0.1) is 5.39 Å². The Morgan fingerprint density at radius 3 is 2.56 bits per heavy atom. The molecule has 1 saturated carbocycles. The van der Waals surface area contributed by atoms with Gasteiger partial charge in [0.1, 0.15) is 40.2 Å². The van der Waals surface area contributed by atoms with Crippen LogP contribution in [0.5, 0.6) is 5.75 Å². The number of fused-ring (bicyclic) bond motifs is 2. The molecule has 0 atom stereocenters. The SMILES string of the molecule is CCc1c(F)ccc2cc(O)cc(-c3ncc4c(N5CC6(CC(=O)C6)C5)nc(C(C)C)nc4c3F)c12. The van der Waals surface area contributed by atoms with E-state index < -0.39 is 5.82 Å². The van der Waals surface area contributed by atoms with E-state index >= 15 is 4.39 Å². The number of hydrogen-bond donors (Lipinski definition) is 1. The van der Waals surface area contributed by atoms with Crippen LogP contribution in [0.4, 0.5) is 14.6 Å². The number of aromatic hydroxyl groups is 1. The highest BCUT2D eigenvalue weighted by atomic mass is 19.1. The Morgan fingerprint density at radius 1 is 1.14 bits per heavy atom. The molecule has 36 heavy (non-hydrogen) atoms. The molecule has 1 saturated heterocycles. The van der Waals surface area contributed by atoms with Crippen LogP contribution in [0.25, 0.3) is 32.9 Å². The molecule has 2 aromatic carbocycles.